The molecule has 1 aliphatic rings. The van der Waals surface area contributed by atoms with E-state index in [9.17, 15) is 4.79 Å². The lowest BCUT2D eigenvalue weighted by molar-refractivity contribution is -0.116. The molecule has 0 aromatic carbocycles. The molecule has 0 radical (unpaired) electrons. The summed E-state index contributed by atoms with van der Waals surface area (Å²) < 4.78 is 0. The molecule has 112 valence electrons. The Hall–Kier alpha value is -0.940. The second-order valence-corrected chi connectivity index (χ2v) is 8.08. The first-order valence-corrected chi connectivity index (χ1v) is 9.26. The Morgan fingerprint density at radius 2 is 2.24 bits per heavy atom. The van der Waals surface area contributed by atoms with Gasteiger partial charge in [0.2, 0.25) is 0 Å². The number of carbonyl (C=O) groups excluding carboxylic acids is 1. The lowest BCUT2D eigenvalue weighted by Crippen LogP contribution is -2.08. The molecule has 21 heavy (non-hydrogen) atoms. The summed E-state index contributed by atoms with van der Waals surface area (Å²) in [7, 11) is 0. The number of aryl methyl sites for hydroxylation is 2. The van der Waals surface area contributed by atoms with Crippen LogP contribution >= 0.6 is 23.1 Å². The van der Waals surface area contributed by atoms with E-state index in [0.29, 0.717) is 6.42 Å². The summed E-state index contributed by atoms with van der Waals surface area (Å²) in [4.78, 5) is 23.0. The predicted molar refractivity (Wildman–Crippen MR) is 89.4 cm³/mol. The van der Waals surface area contributed by atoms with E-state index < -0.39 is 0 Å². The fraction of sp³-hybridized carbons (Fsp3) is 0.562. The number of carbonyl (C=O) groups is 1. The molecule has 0 bridgehead atoms. The normalized spacial score (nSPS) is 18.0. The molecule has 0 aliphatic heterocycles. The minimum absolute atomic E-state index is 0.241. The average molecular weight is 320 g/mol. The molecule has 2 aromatic rings. The van der Waals surface area contributed by atoms with Crippen molar-refractivity contribution in [2.75, 3.05) is 5.75 Å². The molecule has 0 saturated carbocycles. The van der Waals surface area contributed by atoms with E-state index in [4.69, 9.17) is 0 Å². The van der Waals surface area contributed by atoms with E-state index in [1.165, 1.54) is 28.7 Å². The third kappa shape index (κ3) is 3.14. The van der Waals surface area contributed by atoms with Gasteiger partial charge in [-0.25, -0.2) is 9.97 Å². The van der Waals surface area contributed by atoms with Gasteiger partial charge < -0.3 is 0 Å². The predicted octanol–water partition coefficient (Wildman–Crippen LogP) is 4.20. The van der Waals surface area contributed by atoms with Gasteiger partial charge in [0.05, 0.1) is 0 Å². The second kappa shape index (κ2) is 6.05. The van der Waals surface area contributed by atoms with Crippen molar-refractivity contribution < 1.29 is 4.79 Å². The standard InChI is InChI=1S/C16H20N2OS2/c1-9-4-5-12-13(8-9)21-16-14(12)15(17-11(3)18-16)20-7-6-10(2)19/h9H,4-8H2,1-3H3. The Morgan fingerprint density at radius 3 is 3.00 bits per heavy atom. The van der Waals surface area contributed by atoms with Crippen LogP contribution in [0.15, 0.2) is 5.03 Å². The van der Waals surface area contributed by atoms with Crippen molar-refractivity contribution in [1.29, 1.82) is 0 Å². The molecular formula is C16H20N2OS2. The van der Waals surface area contributed by atoms with Crippen LogP contribution in [0.4, 0.5) is 0 Å². The molecular weight excluding hydrogens is 300 g/mol. The Kier molecular flexibility index (Phi) is 4.31. The number of hydrogen-bond acceptors (Lipinski definition) is 5. The van der Waals surface area contributed by atoms with Gasteiger partial charge >= 0.3 is 0 Å². The van der Waals surface area contributed by atoms with Crippen molar-refractivity contribution in [1.82, 2.24) is 9.97 Å². The number of nitrogens with zero attached hydrogens (tertiary/aromatic N) is 2. The van der Waals surface area contributed by atoms with E-state index in [-0.39, 0.29) is 5.78 Å². The molecule has 3 rings (SSSR count). The number of ketones is 1. The van der Waals surface area contributed by atoms with Gasteiger partial charge in [0.15, 0.2) is 0 Å². The summed E-state index contributed by atoms with van der Waals surface area (Å²) in [5, 5.41) is 2.34. The number of fused-ring (bicyclic) bond motifs is 3. The van der Waals surface area contributed by atoms with Gasteiger partial charge in [0, 0.05) is 22.4 Å². The molecule has 1 aliphatic carbocycles. The van der Waals surface area contributed by atoms with Crippen molar-refractivity contribution in [3.63, 3.8) is 0 Å². The lowest BCUT2D eigenvalue weighted by Gasteiger charge is -2.18. The summed E-state index contributed by atoms with van der Waals surface area (Å²) in [5.74, 6) is 2.65. The van der Waals surface area contributed by atoms with Gasteiger partial charge in [-0.2, -0.15) is 0 Å². The Bertz CT molecular complexity index is 693. The first kappa shape index (κ1) is 15.0. The van der Waals surface area contributed by atoms with Crippen LogP contribution in [0, 0.1) is 12.8 Å². The number of aromatic nitrogens is 2. The van der Waals surface area contributed by atoms with Crippen LogP contribution in [0.3, 0.4) is 0 Å². The maximum absolute atomic E-state index is 11.1. The maximum atomic E-state index is 11.1. The highest BCUT2D eigenvalue weighted by molar-refractivity contribution is 7.99. The molecule has 1 unspecified atom stereocenters. The molecule has 2 aromatic heterocycles. The van der Waals surface area contributed by atoms with Crippen LogP contribution in [0.5, 0.6) is 0 Å². The van der Waals surface area contributed by atoms with Crippen molar-refractivity contribution in [3.05, 3.63) is 16.3 Å². The van der Waals surface area contributed by atoms with E-state index in [1.807, 2.05) is 18.3 Å². The topological polar surface area (TPSA) is 42.9 Å². The Morgan fingerprint density at radius 1 is 1.43 bits per heavy atom. The Labute approximate surface area is 133 Å². The van der Waals surface area contributed by atoms with Crippen molar-refractivity contribution in [3.8, 4) is 0 Å². The zero-order chi connectivity index (χ0) is 15.0. The first-order chi connectivity index (χ1) is 10.0. The smallest absolute Gasteiger partial charge is 0.130 e. The summed E-state index contributed by atoms with van der Waals surface area (Å²) in [6.45, 7) is 5.93. The fourth-order valence-electron chi connectivity index (χ4n) is 2.81. The van der Waals surface area contributed by atoms with Crippen molar-refractivity contribution >= 4 is 39.1 Å². The highest BCUT2D eigenvalue weighted by atomic mass is 32.2. The zero-order valence-corrected chi connectivity index (χ0v) is 14.4. The monoisotopic (exact) mass is 320 g/mol. The summed E-state index contributed by atoms with van der Waals surface area (Å²) in [6.07, 6.45) is 4.18. The molecule has 0 spiro atoms. The third-order valence-electron chi connectivity index (χ3n) is 3.93. The largest absolute Gasteiger partial charge is 0.300 e. The van der Waals surface area contributed by atoms with Gasteiger partial charge in [-0.3, -0.25) is 4.79 Å². The van der Waals surface area contributed by atoms with Crippen molar-refractivity contribution in [2.45, 2.75) is 51.5 Å². The SMILES string of the molecule is CC(=O)CCSc1nc(C)nc2sc3c(c12)CCC(C)C3. The summed E-state index contributed by atoms with van der Waals surface area (Å²) in [5.41, 5.74) is 1.47. The van der Waals surface area contributed by atoms with E-state index in [2.05, 4.69) is 16.9 Å². The molecule has 3 nitrogen and oxygen atoms in total. The summed E-state index contributed by atoms with van der Waals surface area (Å²) >= 11 is 3.55. The summed E-state index contributed by atoms with van der Waals surface area (Å²) in [6, 6.07) is 0. The van der Waals surface area contributed by atoms with Crippen LogP contribution < -0.4 is 0 Å². The van der Waals surface area contributed by atoms with Crippen molar-refractivity contribution in [2.24, 2.45) is 5.92 Å². The molecule has 5 heteroatoms. The first-order valence-electron chi connectivity index (χ1n) is 7.45. The van der Waals surface area contributed by atoms with Crippen LogP contribution in [0.2, 0.25) is 0 Å². The lowest BCUT2D eigenvalue weighted by atomic mass is 9.89. The average Bonchev–Trinajstić information content (AvgIpc) is 2.74. The van der Waals surface area contributed by atoms with E-state index in [1.54, 1.807) is 18.7 Å². The molecule has 0 saturated heterocycles. The van der Waals surface area contributed by atoms with Gasteiger partial charge in [-0.15, -0.1) is 23.1 Å². The molecule has 0 amide bonds. The third-order valence-corrected chi connectivity index (χ3v) is 6.05. The van der Waals surface area contributed by atoms with E-state index >= 15 is 0 Å². The second-order valence-electron chi connectivity index (χ2n) is 5.91. The minimum Gasteiger partial charge on any atom is -0.300 e. The number of Topliss-reactive ketones (excluding diaryl/α,β-unsaturated/α-hetero) is 1. The molecule has 0 N–H and O–H groups in total. The van der Waals surface area contributed by atoms with Gasteiger partial charge in [-0.05, 0) is 44.6 Å². The van der Waals surface area contributed by atoms with E-state index in [0.717, 1.165) is 33.8 Å². The van der Waals surface area contributed by atoms with Crippen LogP contribution in [-0.4, -0.2) is 21.5 Å². The molecule has 2 heterocycles. The van der Waals surface area contributed by atoms with Gasteiger partial charge in [-0.1, -0.05) is 6.92 Å². The van der Waals surface area contributed by atoms with Crippen LogP contribution in [0.25, 0.3) is 10.2 Å². The Balaban J connectivity index is 2.00. The van der Waals surface area contributed by atoms with Gasteiger partial charge in [0.1, 0.15) is 21.5 Å². The number of hydrogen-bond donors (Lipinski definition) is 0. The van der Waals surface area contributed by atoms with Gasteiger partial charge in [0.25, 0.3) is 0 Å². The highest BCUT2D eigenvalue weighted by Gasteiger charge is 2.23. The number of thioether (sulfide) groups is 1. The molecule has 1 atom stereocenters. The maximum Gasteiger partial charge on any atom is 0.130 e. The minimum atomic E-state index is 0.241. The zero-order valence-electron chi connectivity index (χ0n) is 12.7. The van der Waals surface area contributed by atoms with Crippen LogP contribution in [-0.2, 0) is 17.6 Å². The number of rotatable bonds is 4. The van der Waals surface area contributed by atoms with Crippen LogP contribution in [0.1, 0.15) is 43.0 Å². The molecule has 0 fully saturated rings. The quantitative estimate of drug-likeness (QED) is 0.625. The fourth-order valence-corrected chi connectivity index (χ4v) is 5.44. The highest BCUT2D eigenvalue weighted by Crippen LogP contribution is 2.40. The number of thiophene rings is 1.